The summed E-state index contributed by atoms with van der Waals surface area (Å²) >= 11 is 0. The minimum absolute atomic E-state index is 0.0556. The molecule has 0 aliphatic rings. The highest BCUT2D eigenvalue weighted by molar-refractivity contribution is 6.84. The zero-order valence-electron chi connectivity index (χ0n) is 19.4. The highest BCUT2D eigenvalue weighted by Crippen LogP contribution is 2.18. The van der Waals surface area contributed by atoms with Crippen molar-refractivity contribution in [3.63, 3.8) is 0 Å². The molecular formula is C19H40O7Si3. The lowest BCUT2D eigenvalue weighted by atomic mass is 10.4. The summed E-state index contributed by atoms with van der Waals surface area (Å²) < 4.78 is 23.5. The van der Waals surface area contributed by atoms with Crippen LogP contribution in [0.4, 0.5) is 0 Å². The highest BCUT2D eigenvalue weighted by Gasteiger charge is 2.35. The molecule has 0 aromatic heterocycles. The first kappa shape index (κ1) is 30.1. The highest BCUT2D eigenvalue weighted by atomic mass is 28.5. The van der Waals surface area contributed by atoms with Gasteiger partial charge in [0.2, 0.25) is 0 Å². The average Bonchev–Trinajstić information content (AvgIpc) is 2.51. The minimum atomic E-state index is -2.11. The van der Waals surface area contributed by atoms with Crippen molar-refractivity contribution in [3.05, 3.63) is 24.8 Å². The number of esters is 1. The fourth-order valence-corrected chi connectivity index (χ4v) is 14.2. The Bertz CT molecular complexity index is 530. The van der Waals surface area contributed by atoms with E-state index in [9.17, 15) is 9.59 Å². The van der Waals surface area contributed by atoms with Gasteiger partial charge in [-0.15, -0.1) is 6.58 Å². The second kappa shape index (κ2) is 14.9. The third-order valence-corrected chi connectivity index (χ3v) is 13.1. The molecule has 7 nitrogen and oxygen atoms in total. The maximum absolute atomic E-state index is 11.3. The van der Waals surface area contributed by atoms with Gasteiger partial charge in [-0.2, -0.15) is 0 Å². The Kier molecular flexibility index (Phi) is 15.4. The number of carbonyl (C=O) groups is 2. The first-order valence-corrected chi connectivity index (χ1v) is 18.3. The molecule has 170 valence electrons. The van der Waals surface area contributed by atoms with E-state index >= 15 is 0 Å². The molecule has 0 aromatic carbocycles. The van der Waals surface area contributed by atoms with Gasteiger partial charge in [0, 0.05) is 5.57 Å². The van der Waals surface area contributed by atoms with Crippen molar-refractivity contribution >= 4 is 37.9 Å². The van der Waals surface area contributed by atoms with Gasteiger partial charge in [-0.05, 0) is 52.6 Å². The molecule has 2 unspecified atom stereocenters. The Labute approximate surface area is 180 Å². The summed E-state index contributed by atoms with van der Waals surface area (Å²) in [5, 5.41) is 7.84. The van der Waals surface area contributed by atoms with Gasteiger partial charge < -0.3 is 22.8 Å². The van der Waals surface area contributed by atoms with E-state index in [0.717, 1.165) is 6.42 Å². The Balaban J connectivity index is 0. The number of carboxylic acid groups (broad SMARTS) is 1. The van der Waals surface area contributed by atoms with Crippen molar-refractivity contribution < 1.29 is 32.4 Å². The molecule has 0 aliphatic heterocycles. The topological polar surface area (TPSA) is 91.3 Å². The van der Waals surface area contributed by atoms with Crippen molar-refractivity contribution in [1.82, 2.24) is 0 Å². The lowest BCUT2D eigenvalue weighted by molar-refractivity contribution is -0.140. The molecule has 0 saturated carbocycles. The molecule has 1 N–H and O–H groups in total. The number of carbonyl (C=O) groups excluding carboxylic acids is 1. The monoisotopic (exact) mass is 464 g/mol. The van der Waals surface area contributed by atoms with E-state index in [4.69, 9.17) is 22.8 Å². The normalized spacial score (nSPS) is 13.5. The standard InChI is InChI=1S/C15H34O5Si3.C4H6O2/c1-10-14(17-11-12-18-15(16)13(2)3)21(4)19-23(8,9)20-22(5,6)7;1-2-3-4(5)6/h14,21H,2,10-12H2,1,3-9H3;2H,1,3H2,(H,5,6). The van der Waals surface area contributed by atoms with Crippen molar-refractivity contribution in [1.29, 1.82) is 0 Å². The SMILES string of the molecule is C=C(C)C(=O)OCCOC(CC)[SiH](C)O[Si](C)(C)O[Si](C)(C)C.C=CCC(=O)O. The fraction of sp³-hybridized carbons (Fsp3) is 0.684. The molecule has 0 saturated heterocycles. The molecule has 0 bridgehead atoms. The summed E-state index contributed by atoms with van der Waals surface area (Å²) in [5.41, 5.74) is 0.495. The third kappa shape index (κ3) is 18.7. The summed E-state index contributed by atoms with van der Waals surface area (Å²) in [6.07, 6.45) is 2.29. The maximum atomic E-state index is 11.3. The second-order valence-corrected chi connectivity index (χ2v) is 19.0. The summed E-state index contributed by atoms with van der Waals surface area (Å²) in [7, 11) is -5.26. The van der Waals surface area contributed by atoms with Gasteiger partial charge in [-0.3, -0.25) is 4.79 Å². The molecule has 29 heavy (non-hydrogen) atoms. The van der Waals surface area contributed by atoms with E-state index in [-0.39, 0.29) is 24.7 Å². The first-order chi connectivity index (χ1) is 13.1. The van der Waals surface area contributed by atoms with Crippen LogP contribution in [-0.4, -0.2) is 61.9 Å². The summed E-state index contributed by atoms with van der Waals surface area (Å²) in [6, 6.07) is 0. The van der Waals surface area contributed by atoms with Crippen molar-refractivity contribution in [2.24, 2.45) is 0 Å². The van der Waals surface area contributed by atoms with E-state index in [1.54, 1.807) is 6.92 Å². The number of hydrogen-bond acceptors (Lipinski definition) is 6. The molecule has 0 fully saturated rings. The van der Waals surface area contributed by atoms with Crippen LogP contribution in [0.3, 0.4) is 0 Å². The predicted molar refractivity (Wildman–Crippen MR) is 124 cm³/mol. The van der Waals surface area contributed by atoms with Crippen LogP contribution in [0.1, 0.15) is 26.7 Å². The maximum Gasteiger partial charge on any atom is 0.333 e. The van der Waals surface area contributed by atoms with Gasteiger partial charge in [0.15, 0.2) is 17.4 Å². The summed E-state index contributed by atoms with van der Waals surface area (Å²) in [6.45, 7) is 24.0. The van der Waals surface area contributed by atoms with Gasteiger partial charge in [0.1, 0.15) is 6.61 Å². The van der Waals surface area contributed by atoms with Crippen LogP contribution in [0.2, 0.25) is 39.3 Å². The van der Waals surface area contributed by atoms with Crippen LogP contribution in [0.25, 0.3) is 0 Å². The third-order valence-electron chi connectivity index (χ3n) is 3.26. The molecular weight excluding hydrogens is 424 g/mol. The molecule has 0 radical (unpaired) electrons. The molecule has 0 aromatic rings. The fourth-order valence-electron chi connectivity index (χ4n) is 2.45. The number of hydrogen-bond donors (Lipinski definition) is 1. The number of carboxylic acids is 1. The zero-order chi connectivity index (χ0) is 23.3. The lowest BCUT2D eigenvalue weighted by Crippen LogP contribution is -2.50. The lowest BCUT2D eigenvalue weighted by Gasteiger charge is -2.35. The Morgan fingerprint density at radius 1 is 1.17 bits per heavy atom. The van der Waals surface area contributed by atoms with E-state index in [2.05, 4.69) is 59.4 Å². The molecule has 0 heterocycles. The second-order valence-electron chi connectivity index (χ2n) is 8.06. The van der Waals surface area contributed by atoms with Crippen LogP contribution in [0, 0.1) is 0 Å². The van der Waals surface area contributed by atoms with E-state index in [1.165, 1.54) is 6.08 Å². The Morgan fingerprint density at radius 3 is 2.07 bits per heavy atom. The van der Waals surface area contributed by atoms with Gasteiger partial charge in [-0.1, -0.05) is 19.6 Å². The minimum Gasteiger partial charge on any atom is -0.481 e. The summed E-state index contributed by atoms with van der Waals surface area (Å²) in [4.78, 5) is 20.8. The molecule has 10 heteroatoms. The average molecular weight is 465 g/mol. The zero-order valence-corrected chi connectivity index (χ0v) is 22.5. The van der Waals surface area contributed by atoms with Crippen LogP contribution < -0.4 is 0 Å². The summed E-state index contributed by atoms with van der Waals surface area (Å²) in [5.74, 6) is -1.20. The van der Waals surface area contributed by atoms with Gasteiger partial charge in [0.05, 0.1) is 18.8 Å². The molecule has 0 rings (SSSR count). The van der Waals surface area contributed by atoms with Crippen LogP contribution in [0.15, 0.2) is 24.8 Å². The molecule has 0 amide bonds. The van der Waals surface area contributed by atoms with E-state index in [1.807, 2.05) is 0 Å². The quantitative estimate of drug-likeness (QED) is 0.145. The largest absolute Gasteiger partial charge is 0.481 e. The Morgan fingerprint density at radius 2 is 1.72 bits per heavy atom. The number of rotatable bonds is 13. The van der Waals surface area contributed by atoms with Gasteiger partial charge >= 0.3 is 20.5 Å². The smallest absolute Gasteiger partial charge is 0.333 e. The Hall–Kier alpha value is -1.05. The van der Waals surface area contributed by atoms with Crippen molar-refractivity contribution in [2.45, 2.75) is 71.7 Å². The predicted octanol–water partition coefficient (Wildman–Crippen LogP) is 4.01. The van der Waals surface area contributed by atoms with Gasteiger partial charge in [-0.25, -0.2) is 4.79 Å². The van der Waals surface area contributed by atoms with Crippen molar-refractivity contribution in [3.8, 4) is 0 Å². The van der Waals surface area contributed by atoms with Crippen LogP contribution >= 0.6 is 0 Å². The van der Waals surface area contributed by atoms with Crippen molar-refractivity contribution in [2.75, 3.05) is 13.2 Å². The molecule has 0 aliphatic carbocycles. The number of ether oxygens (including phenoxy) is 2. The molecule has 2 atom stereocenters. The van der Waals surface area contributed by atoms with E-state index < -0.39 is 31.9 Å². The van der Waals surface area contributed by atoms with Gasteiger partial charge in [0.25, 0.3) is 0 Å². The van der Waals surface area contributed by atoms with E-state index in [0.29, 0.717) is 12.2 Å². The first-order valence-electron chi connectivity index (χ1n) is 9.80. The number of aliphatic carboxylic acids is 1. The molecule has 0 spiro atoms. The van der Waals surface area contributed by atoms with Crippen LogP contribution in [-0.2, 0) is 27.3 Å². The van der Waals surface area contributed by atoms with Crippen LogP contribution in [0.5, 0.6) is 0 Å².